The molecule has 0 spiro atoms. The fourth-order valence-corrected chi connectivity index (χ4v) is 3.37. The maximum absolute atomic E-state index is 12.5. The van der Waals surface area contributed by atoms with Gasteiger partial charge in [-0.2, -0.15) is 0 Å². The number of nitrogens with zero attached hydrogens (tertiary/aromatic N) is 4. The summed E-state index contributed by atoms with van der Waals surface area (Å²) >= 11 is 1.50. The number of rotatable bonds is 4. The van der Waals surface area contributed by atoms with Crippen LogP contribution in [0.4, 0.5) is 5.82 Å². The topological polar surface area (TPSA) is 71.0 Å². The normalized spacial score (nSPS) is 14.2. The van der Waals surface area contributed by atoms with E-state index in [0.717, 1.165) is 16.4 Å². The van der Waals surface area contributed by atoms with Crippen molar-refractivity contribution in [1.29, 1.82) is 0 Å². The van der Waals surface area contributed by atoms with Gasteiger partial charge in [-0.1, -0.05) is 30.3 Å². The van der Waals surface area contributed by atoms with Gasteiger partial charge in [0.25, 0.3) is 5.91 Å². The van der Waals surface area contributed by atoms with Gasteiger partial charge in [0.2, 0.25) is 0 Å². The Kier molecular flexibility index (Phi) is 3.92. The summed E-state index contributed by atoms with van der Waals surface area (Å²) in [5.74, 6) is 0.760. The second kappa shape index (κ2) is 6.37. The Hall–Kier alpha value is -2.80. The second-order valence-corrected chi connectivity index (χ2v) is 6.41. The number of aromatic nitrogens is 3. The van der Waals surface area contributed by atoms with Crippen molar-refractivity contribution in [2.45, 2.75) is 6.04 Å². The highest BCUT2D eigenvalue weighted by atomic mass is 32.1. The molecule has 0 saturated carbocycles. The van der Waals surface area contributed by atoms with E-state index in [1.54, 1.807) is 11.1 Å². The first-order valence-corrected chi connectivity index (χ1v) is 8.50. The SMILES string of the molecule is O=C(c1csc(-c2ccccc2)n1)N1CC(Nc2ccncn2)C1. The van der Waals surface area contributed by atoms with Crippen LogP contribution in [0.25, 0.3) is 10.6 Å². The number of anilines is 1. The average molecular weight is 337 g/mol. The third kappa shape index (κ3) is 2.98. The summed E-state index contributed by atoms with van der Waals surface area (Å²) in [5.41, 5.74) is 1.55. The highest BCUT2D eigenvalue weighted by Gasteiger charge is 2.32. The third-order valence-corrected chi connectivity index (χ3v) is 4.74. The Balaban J connectivity index is 1.37. The molecule has 1 amide bonds. The van der Waals surface area contributed by atoms with E-state index in [9.17, 15) is 4.79 Å². The number of nitrogens with one attached hydrogen (secondary N) is 1. The van der Waals surface area contributed by atoms with Crippen molar-refractivity contribution in [3.8, 4) is 10.6 Å². The van der Waals surface area contributed by atoms with Crippen LogP contribution in [0, 0.1) is 0 Å². The van der Waals surface area contributed by atoms with Gasteiger partial charge in [0.15, 0.2) is 0 Å². The standard InChI is InChI=1S/C17H15N5OS/c23-17(14-10-24-16(21-14)12-4-2-1-3-5-12)22-8-13(9-22)20-15-6-7-18-11-19-15/h1-7,10-11,13H,8-9H2,(H,18,19,20). The lowest BCUT2D eigenvalue weighted by Crippen LogP contribution is -2.57. The Morgan fingerprint density at radius 1 is 1.21 bits per heavy atom. The zero-order valence-corrected chi connectivity index (χ0v) is 13.6. The lowest BCUT2D eigenvalue weighted by atomic mass is 10.1. The first-order chi connectivity index (χ1) is 11.8. The van der Waals surface area contributed by atoms with Gasteiger partial charge >= 0.3 is 0 Å². The van der Waals surface area contributed by atoms with Crippen LogP contribution < -0.4 is 5.32 Å². The molecule has 1 saturated heterocycles. The zero-order chi connectivity index (χ0) is 16.4. The summed E-state index contributed by atoms with van der Waals surface area (Å²) < 4.78 is 0. The summed E-state index contributed by atoms with van der Waals surface area (Å²) in [4.78, 5) is 26.8. The van der Waals surface area contributed by atoms with Crippen LogP contribution in [0.5, 0.6) is 0 Å². The van der Waals surface area contributed by atoms with E-state index in [-0.39, 0.29) is 11.9 Å². The fraction of sp³-hybridized carbons (Fsp3) is 0.176. The van der Waals surface area contributed by atoms with Crippen molar-refractivity contribution in [1.82, 2.24) is 19.9 Å². The third-order valence-electron chi connectivity index (χ3n) is 3.85. The summed E-state index contributed by atoms with van der Waals surface area (Å²) in [6.45, 7) is 1.31. The zero-order valence-electron chi connectivity index (χ0n) is 12.8. The molecule has 7 heteroatoms. The molecule has 1 fully saturated rings. The highest BCUT2D eigenvalue weighted by molar-refractivity contribution is 7.13. The molecule has 1 aromatic carbocycles. The fourth-order valence-electron chi connectivity index (χ4n) is 2.57. The molecule has 1 aliphatic rings. The minimum atomic E-state index is -0.0193. The lowest BCUT2D eigenvalue weighted by Gasteiger charge is -2.39. The number of hydrogen-bond donors (Lipinski definition) is 1. The van der Waals surface area contributed by atoms with E-state index in [1.165, 1.54) is 17.7 Å². The Bertz CT molecular complexity index is 830. The number of benzene rings is 1. The maximum atomic E-state index is 12.5. The largest absolute Gasteiger partial charge is 0.364 e. The molecule has 4 rings (SSSR count). The van der Waals surface area contributed by atoms with Crippen molar-refractivity contribution in [3.05, 3.63) is 60.0 Å². The maximum Gasteiger partial charge on any atom is 0.273 e. The minimum Gasteiger partial charge on any atom is -0.364 e. The molecule has 0 radical (unpaired) electrons. The van der Waals surface area contributed by atoms with Crippen LogP contribution in [0.1, 0.15) is 10.5 Å². The van der Waals surface area contributed by atoms with Gasteiger partial charge in [-0.25, -0.2) is 15.0 Å². The van der Waals surface area contributed by atoms with Crippen molar-refractivity contribution in [2.75, 3.05) is 18.4 Å². The minimum absolute atomic E-state index is 0.0193. The van der Waals surface area contributed by atoms with Crippen molar-refractivity contribution in [3.63, 3.8) is 0 Å². The monoisotopic (exact) mass is 337 g/mol. The van der Waals surface area contributed by atoms with E-state index in [4.69, 9.17) is 0 Å². The molecular formula is C17H15N5OS. The van der Waals surface area contributed by atoms with Crippen LogP contribution in [-0.2, 0) is 0 Å². The van der Waals surface area contributed by atoms with E-state index in [2.05, 4.69) is 20.3 Å². The van der Waals surface area contributed by atoms with Crippen LogP contribution in [0.3, 0.4) is 0 Å². The van der Waals surface area contributed by atoms with E-state index >= 15 is 0 Å². The van der Waals surface area contributed by atoms with Gasteiger partial charge in [0, 0.05) is 30.2 Å². The number of carbonyl (C=O) groups is 1. The molecule has 2 aromatic heterocycles. The molecule has 1 N–H and O–H groups in total. The number of carbonyl (C=O) groups excluding carboxylic acids is 1. The summed E-state index contributed by atoms with van der Waals surface area (Å²) in [6, 6.07) is 11.9. The number of thiazole rings is 1. The molecule has 0 aliphatic carbocycles. The van der Waals surface area contributed by atoms with Crippen molar-refractivity contribution < 1.29 is 4.79 Å². The molecule has 120 valence electrons. The second-order valence-electron chi connectivity index (χ2n) is 5.55. The average Bonchev–Trinajstić information content (AvgIpc) is 3.09. The van der Waals surface area contributed by atoms with E-state index in [0.29, 0.717) is 18.8 Å². The molecule has 3 heterocycles. The quantitative estimate of drug-likeness (QED) is 0.792. The Morgan fingerprint density at radius 3 is 2.79 bits per heavy atom. The molecular weight excluding hydrogens is 322 g/mol. The molecule has 0 unspecified atom stereocenters. The van der Waals surface area contributed by atoms with Gasteiger partial charge in [0.05, 0.1) is 6.04 Å². The highest BCUT2D eigenvalue weighted by Crippen LogP contribution is 2.25. The van der Waals surface area contributed by atoms with Gasteiger partial charge in [-0.3, -0.25) is 4.79 Å². The number of likely N-dealkylation sites (tertiary alicyclic amines) is 1. The van der Waals surface area contributed by atoms with E-state index in [1.807, 2.05) is 41.8 Å². The van der Waals surface area contributed by atoms with Crippen LogP contribution in [-0.4, -0.2) is 44.9 Å². The first-order valence-electron chi connectivity index (χ1n) is 7.62. The molecule has 3 aromatic rings. The summed E-state index contributed by atoms with van der Waals surface area (Å²) in [5, 5.41) is 5.98. The van der Waals surface area contributed by atoms with Gasteiger partial charge in [-0.15, -0.1) is 11.3 Å². The lowest BCUT2D eigenvalue weighted by molar-refractivity contribution is 0.0619. The number of hydrogen-bond acceptors (Lipinski definition) is 6. The van der Waals surface area contributed by atoms with Gasteiger partial charge in [-0.05, 0) is 6.07 Å². The Labute approximate surface area is 143 Å². The molecule has 6 nitrogen and oxygen atoms in total. The molecule has 1 aliphatic heterocycles. The van der Waals surface area contributed by atoms with Crippen molar-refractivity contribution in [2.24, 2.45) is 0 Å². The Morgan fingerprint density at radius 2 is 2.04 bits per heavy atom. The predicted octanol–water partition coefficient (Wildman–Crippen LogP) is 2.54. The first kappa shape index (κ1) is 14.8. The van der Waals surface area contributed by atoms with Crippen LogP contribution in [0.2, 0.25) is 0 Å². The predicted molar refractivity (Wildman–Crippen MR) is 92.9 cm³/mol. The van der Waals surface area contributed by atoms with Crippen LogP contribution in [0.15, 0.2) is 54.3 Å². The smallest absolute Gasteiger partial charge is 0.273 e. The van der Waals surface area contributed by atoms with Gasteiger partial charge < -0.3 is 10.2 Å². The summed E-state index contributed by atoms with van der Waals surface area (Å²) in [7, 11) is 0. The van der Waals surface area contributed by atoms with Crippen molar-refractivity contribution >= 4 is 23.1 Å². The molecule has 0 atom stereocenters. The van der Waals surface area contributed by atoms with E-state index < -0.39 is 0 Å². The molecule has 24 heavy (non-hydrogen) atoms. The van der Waals surface area contributed by atoms with Gasteiger partial charge in [0.1, 0.15) is 22.8 Å². The summed E-state index contributed by atoms with van der Waals surface area (Å²) in [6.07, 6.45) is 3.20. The van der Waals surface area contributed by atoms with Crippen LogP contribution >= 0.6 is 11.3 Å². The number of amides is 1. The molecule has 0 bridgehead atoms.